The van der Waals surface area contributed by atoms with E-state index in [0.29, 0.717) is 12.3 Å². The van der Waals surface area contributed by atoms with Gasteiger partial charge >= 0.3 is 0 Å². The molecule has 1 saturated heterocycles. The number of ketones is 1. The average Bonchev–Trinajstić information content (AvgIpc) is 3.35. The lowest BCUT2D eigenvalue weighted by Crippen LogP contribution is -2.28. The number of fused-ring (bicyclic) bond motifs is 2. The molecule has 0 atom stereocenters. The molecule has 3 aromatic heterocycles. The quantitative estimate of drug-likeness (QED) is 0.534. The molecule has 0 bridgehead atoms. The van der Waals surface area contributed by atoms with E-state index in [1.807, 2.05) is 19.3 Å². The fourth-order valence-corrected chi connectivity index (χ4v) is 4.25. The van der Waals surface area contributed by atoms with Crippen LogP contribution in [-0.2, 0) is 0 Å². The van der Waals surface area contributed by atoms with Gasteiger partial charge in [0.05, 0.1) is 0 Å². The number of pyridine rings is 1. The maximum atomic E-state index is 12.8. The maximum Gasteiger partial charge on any atom is 0.165 e. The summed E-state index contributed by atoms with van der Waals surface area (Å²) in [6, 6.07) is 8.36. The van der Waals surface area contributed by atoms with Crippen LogP contribution < -0.4 is 5.32 Å². The summed E-state index contributed by atoms with van der Waals surface area (Å²) >= 11 is 0. The lowest BCUT2D eigenvalue weighted by molar-refractivity contribution is 0.0954. The molecule has 4 aromatic rings. The number of piperidine rings is 1. The topological polar surface area (TPSA) is 75.1 Å². The molecule has 4 heterocycles. The van der Waals surface area contributed by atoms with Gasteiger partial charge in [0, 0.05) is 40.8 Å². The summed E-state index contributed by atoms with van der Waals surface area (Å²) in [7, 11) is 0. The highest BCUT2D eigenvalue weighted by Gasteiger charge is 2.20. The fraction of sp³-hybridized carbons (Fsp3) is 0.318. The Hall–Kier alpha value is -2.99. The number of hydrogen-bond acceptors (Lipinski definition) is 4. The van der Waals surface area contributed by atoms with E-state index in [1.54, 1.807) is 10.8 Å². The molecule has 1 aliphatic heterocycles. The third-order valence-electron chi connectivity index (χ3n) is 5.81. The fourth-order valence-electron chi connectivity index (χ4n) is 4.25. The van der Waals surface area contributed by atoms with Crippen LogP contribution in [0.1, 0.15) is 35.2 Å². The first-order valence-electron chi connectivity index (χ1n) is 9.84. The first kappa shape index (κ1) is 17.1. The molecule has 142 valence electrons. The Morgan fingerprint density at radius 2 is 2.07 bits per heavy atom. The smallest absolute Gasteiger partial charge is 0.165 e. The molecule has 6 heteroatoms. The first-order valence-corrected chi connectivity index (χ1v) is 9.84. The zero-order valence-electron chi connectivity index (χ0n) is 15.9. The molecule has 0 aliphatic carbocycles. The van der Waals surface area contributed by atoms with Crippen LogP contribution in [0.15, 0.2) is 43.0 Å². The Morgan fingerprint density at radius 1 is 1.21 bits per heavy atom. The van der Waals surface area contributed by atoms with Crippen molar-refractivity contribution in [2.75, 3.05) is 13.1 Å². The van der Waals surface area contributed by atoms with Crippen LogP contribution in [-0.4, -0.2) is 38.5 Å². The Balaban J connectivity index is 1.46. The standard InChI is InChI=1S/C22H23N5O/c1-14-8-17(12-27-22(14)25-13-26-27)16-2-3-18-19(11-24-20(18)10-16)21(28)9-15-4-6-23-7-5-15/h2-3,8,10-13,15,23-24H,4-7,9H2,1H3. The zero-order valence-corrected chi connectivity index (χ0v) is 15.9. The average molecular weight is 373 g/mol. The molecule has 6 nitrogen and oxygen atoms in total. The highest BCUT2D eigenvalue weighted by atomic mass is 16.1. The molecule has 0 unspecified atom stereocenters. The summed E-state index contributed by atoms with van der Waals surface area (Å²) in [6.45, 7) is 4.08. The second-order valence-corrected chi connectivity index (χ2v) is 7.72. The van der Waals surface area contributed by atoms with Crippen molar-refractivity contribution >= 4 is 22.3 Å². The lowest BCUT2D eigenvalue weighted by atomic mass is 9.90. The normalized spacial score (nSPS) is 15.5. The van der Waals surface area contributed by atoms with E-state index in [1.165, 1.54) is 0 Å². The van der Waals surface area contributed by atoms with Gasteiger partial charge in [0.2, 0.25) is 0 Å². The minimum Gasteiger partial charge on any atom is -0.360 e. The summed E-state index contributed by atoms with van der Waals surface area (Å²) < 4.78 is 1.80. The third kappa shape index (κ3) is 2.99. The van der Waals surface area contributed by atoms with Crippen LogP contribution in [0, 0.1) is 12.8 Å². The van der Waals surface area contributed by atoms with Gasteiger partial charge in [-0.1, -0.05) is 12.1 Å². The lowest BCUT2D eigenvalue weighted by Gasteiger charge is -2.21. The number of aromatic amines is 1. The van der Waals surface area contributed by atoms with Gasteiger partial charge in [-0.15, -0.1) is 0 Å². The number of nitrogens with one attached hydrogen (secondary N) is 2. The molecule has 1 aromatic carbocycles. The van der Waals surface area contributed by atoms with Gasteiger partial charge in [-0.3, -0.25) is 4.79 Å². The summed E-state index contributed by atoms with van der Waals surface area (Å²) in [4.78, 5) is 20.4. The third-order valence-corrected chi connectivity index (χ3v) is 5.81. The van der Waals surface area contributed by atoms with Gasteiger partial charge in [0.1, 0.15) is 6.33 Å². The van der Waals surface area contributed by atoms with E-state index in [2.05, 4.69) is 44.6 Å². The number of Topliss-reactive ketones (excluding diaryl/α,β-unsaturated/α-hetero) is 1. The predicted molar refractivity (Wildman–Crippen MR) is 110 cm³/mol. The van der Waals surface area contributed by atoms with E-state index < -0.39 is 0 Å². The highest BCUT2D eigenvalue weighted by molar-refractivity contribution is 6.08. The van der Waals surface area contributed by atoms with Crippen molar-refractivity contribution in [1.82, 2.24) is 24.9 Å². The zero-order chi connectivity index (χ0) is 19.1. The summed E-state index contributed by atoms with van der Waals surface area (Å²) in [5.41, 5.74) is 5.92. The Morgan fingerprint density at radius 3 is 2.93 bits per heavy atom. The molecule has 5 rings (SSSR count). The predicted octanol–water partition coefficient (Wildman–Crippen LogP) is 3.76. The number of aromatic nitrogens is 4. The van der Waals surface area contributed by atoms with E-state index in [9.17, 15) is 4.79 Å². The van der Waals surface area contributed by atoms with Gasteiger partial charge in [0.25, 0.3) is 0 Å². The van der Waals surface area contributed by atoms with Gasteiger partial charge in [-0.25, -0.2) is 9.50 Å². The van der Waals surface area contributed by atoms with Crippen molar-refractivity contribution in [3.63, 3.8) is 0 Å². The molecule has 2 N–H and O–H groups in total. The molecule has 1 fully saturated rings. The number of nitrogens with zero attached hydrogens (tertiary/aromatic N) is 3. The largest absolute Gasteiger partial charge is 0.360 e. The molecular formula is C22H23N5O. The van der Waals surface area contributed by atoms with Gasteiger partial charge < -0.3 is 10.3 Å². The van der Waals surface area contributed by atoms with Crippen molar-refractivity contribution in [2.24, 2.45) is 5.92 Å². The number of carbonyl (C=O) groups excluding carboxylic acids is 1. The van der Waals surface area contributed by atoms with Crippen LogP contribution in [0.5, 0.6) is 0 Å². The Bertz CT molecular complexity index is 1170. The van der Waals surface area contributed by atoms with Crippen LogP contribution >= 0.6 is 0 Å². The molecule has 1 aliphatic rings. The van der Waals surface area contributed by atoms with Gasteiger partial charge in [0.15, 0.2) is 11.4 Å². The van der Waals surface area contributed by atoms with Gasteiger partial charge in [-0.2, -0.15) is 5.10 Å². The Kier molecular flexibility index (Phi) is 4.20. The minimum absolute atomic E-state index is 0.241. The molecule has 0 saturated carbocycles. The summed E-state index contributed by atoms with van der Waals surface area (Å²) in [6.07, 6.45) is 8.23. The van der Waals surface area contributed by atoms with Crippen molar-refractivity contribution < 1.29 is 4.79 Å². The summed E-state index contributed by atoms with van der Waals surface area (Å²) in [5.74, 6) is 0.737. The number of aryl methyl sites for hydroxylation is 1. The number of benzene rings is 1. The van der Waals surface area contributed by atoms with Crippen LogP contribution in [0.4, 0.5) is 0 Å². The molecule has 0 spiro atoms. The second kappa shape index (κ2) is 6.87. The number of hydrogen-bond donors (Lipinski definition) is 2. The Labute approximate surface area is 163 Å². The van der Waals surface area contributed by atoms with Crippen LogP contribution in [0.25, 0.3) is 27.7 Å². The monoisotopic (exact) mass is 373 g/mol. The van der Waals surface area contributed by atoms with E-state index >= 15 is 0 Å². The minimum atomic E-state index is 0.241. The van der Waals surface area contributed by atoms with Crippen molar-refractivity contribution in [1.29, 1.82) is 0 Å². The number of carbonyl (C=O) groups is 1. The van der Waals surface area contributed by atoms with E-state index in [0.717, 1.165) is 64.7 Å². The molecule has 28 heavy (non-hydrogen) atoms. The van der Waals surface area contributed by atoms with Gasteiger partial charge in [-0.05, 0) is 62.0 Å². The SMILES string of the molecule is Cc1cc(-c2ccc3c(C(=O)CC4CCNCC4)c[nH]c3c2)cn2ncnc12. The van der Waals surface area contributed by atoms with E-state index in [-0.39, 0.29) is 5.78 Å². The van der Waals surface area contributed by atoms with E-state index in [4.69, 9.17) is 0 Å². The molecule has 0 amide bonds. The van der Waals surface area contributed by atoms with Crippen LogP contribution in [0.2, 0.25) is 0 Å². The molecule has 0 radical (unpaired) electrons. The van der Waals surface area contributed by atoms with Crippen molar-refractivity contribution in [2.45, 2.75) is 26.2 Å². The van der Waals surface area contributed by atoms with Crippen molar-refractivity contribution in [3.8, 4) is 11.1 Å². The highest BCUT2D eigenvalue weighted by Crippen LogP contribution is 2.29. The summed E-state index contributed by atoms with van der Waals surface area (Å²) in [5, 5.41) is 8.62. The van der Waals surface area contributed by atoms with Crippen molar-refractivity contribution in [3.05, 3.63) is 54.1 Å². The molecular weight excluding hydrogens is 350 g/mol. The first-order chi connectivity index (χ1) is 13.7. The maximum absolute atomic E-state index is 12.8. The second-order valence-electron chi connectivity index (χ2n) is 7.72. The van der Waals surface area contributed by atoms with Crippen LogP contribution in [0.3, 0.4) is 0 Å². The number of H-pyrrole nitrogens is 1. The number of rotatable bonds is 4.